The molecule has 0 amide bonds. The predicted octanol–water partition coefficient (Wildman–Crippen LogP) is 8.43. The number of thioether (sulfide) groups is 1. The highest BCUT2D eigenvalue weighted by Gasteiger charge is 2.47. The lowest BCUT2D eigenvalue weighted by atomic mass is 10.0. The summed E-state index contributed by atoms with van der Waals surface area (Å²) in [4.78, 5) is 25.1. The van der Waals surface area contributed by atoms with Gasteiger partial charge in [-0.05, 0) is 70.7 Å². The van der Waals surface area contributed by atoms with Gasteiger partial charge >= 0.3 is 5.97 Å². The fourth-order valence-corrected chi connectivity index (χ4v) is 11.8. The molecular formula is C31H37FO6SSi. The van der Waals surface area contributed by atoms with Crippen LogP contribution in [-0.4, -0.2) is 30.3 Å². The van der Waals surface area contributed by atoms with E-state index >= 15 is 0 Å². The van der Waals surface area contributed by atoms with Gasteiger partial charge in [0, 0.05) is 12.5 Å². The van der Waals surface area contributed by atoms with Crippen molar-refractivity contribution in [2.75, 3.05) is 0 Å². The largest absolute Gasteiger partial charge is 0.543 e. The molecule has 3 aromatic rings. The van der Waals surface area contributed by atoms with Gasteiger partial charge in [-0.2, -0.15) is 0 Å². The minimum Gasteiger partial charge on any atom is -0.543 e. The maximum absolute atomic E-state index is 14.8. The molecule has 3 aromatic carbocycles. The van der Waals surface area contributed by atoms with E-state index in [-0.39, 0.29) is 16.4 Å². The molecule has 6 nitrogen and oxygen atoms in total. The molecule has 0 heterocycles. The number of aromatic hydroxyl groups is 2. The molecule has 9 heteroatoms. The number of hydrogen-bond acceptors (Lipinski definition) is 7. The highest BCUT2D eigenvalue weighted by atomic mass is 32.2. The van der Waals surface area contributed by atoms with Crippen molar-refractivity contribution in [1.29, 1.82) is 0 Å². The van der Waals surface area contributed by atoms with Crippen LogP contribution in [0.5, 0.6) is 23.0 Å². The van der Waals surface area contributed by atoms with Gasteiger partial charge in [-0.25, -0.2) is 4.39 Å². The zero-order valence-corrected chi connectivity index (χ0v) is 25.7. The first kappa shape index (κ1) is 31.2. The zero-order valence-electron chi connectivity index (χ0n) is 23.9. The molecule has 0 saturated heterocycles. The summed E-state index contributed by atoms with van der Waals surface area (Å²) < 4.78 is 26.8. The maximum atomic E-state index is 14.8. The number of ether oxygens (including phenoxy) is 1. The molecule has 0 aliphatic rings. The Labute approximate surface area is 240 Å². The van der Waals surface area contributed by atoms with Crippen LogP contribution < -0.4 is 9.16 Å². The van der Waals surface area contributed by atoms with Crippen molar-refractivity contribution in [3.05, 3.63) is 77.6 Å². The zero-order chi connectivity index (χ0) is 29.8. The summed E-state index contributed by atoms with van der Waals surface area (Å²) in [6.07, 6.45) is 0. The third-order valence-electron chi connectivity index (χ3n) is 7.09. The van der Waals surface area contributed by atoms with Gasteiger partial charge in [-0.3, -0.25) is 9.59 Å². The molecule has 2 N–H and O–H groups in total. The Balaban J connectivity index is 2.02. The van der Waals surface area contributed by atoms with Crippen molar-refractivity contribution in [3.8, 4) is 23.0 Å². The summed E-state index contributed by atoms with van der Waals surface area (Å²) in [5, 5.41) is 19.2. The number of rotatable bonds is 11. The molecule has 0 aromatic heterocycles. The van der Waals surface area contributed by atoms with E-state index in [2.05, 4.69) is 41.5 Å². The lowest BCUT2D eigenvalue weighted by Gasteiger charge is -2.42. The van der Waals surface area contributed by atoms with Gasteiger partial charge in [-0.1, -0.05) is 53.7 Å². The van der Waals surface area contributed by atoms with Crippen molar-refractivity contribution >= 4 is 31.8 Å². The lowest BCUT2D eigenvalue weighted by Crippen LogP contribution is -2.50. The van der Waals surface area contributed by atoms with Crippen LogP contribution in [0, 0.1) is 5.82 Å². The minimum atomic E-state index is -2.20. The number of halogens is 1. The molecule has 0 bridgehead atoms. The molecule has 1 unspecified atom stereocenters. The molecule has 40 heavy (non-hydrogen) atoms. The molecule has 0 fully saturated rings. The Hall–Kier alpha value is -3.30. The highest BCUT2D eigenvalue weighted by Crippen LogP contribution is 2.46. The topological polar surface area (TPSA) is 93.1 Å². The average Bonchev–Trinajstić information content (AvgIpc) is 2.88. The van der Waals surface area contributed by atoms with E-state index in [1.54, 1.807) is 42.5 Å². The average molecular weight is 585 g/mol. The standard InChI is InChI=1S/C31H37FO6SSi/c1-18(2)40(19(3)4,20(5)6)38-24-13-11-22(12-14-24)29(36)30(23-9-8-10-25(17-23)37-21(7)33)39-31-27(35)16-15-26(34)28(31)32/h8-20,30,34-35H,1-7H3. The summed E-state index contributed by atoms with van der Waals surface area (Å²) in [6, 6.07) is 15.5. The number of hydrogen-bond donors (Lipinski definition) is 2. The number of carbonyl (C=O) groups is 2. The number of carbonyl (C=O) groups excluding carboxylic acids is 2. The second kappa shape index (κ2) is 12.9. The van der Waals surface area contributed by atoms with Crippen LogP contribution in [0.1, 0.15) is 69.6 Å². The Morgan fingerprint density at radius 1 is 0.825 bits per heavy atom. The van der Waals surface area contributed by atoms with E-state index in [9.17, 15) is 24.2 Å². The van der Waals surface area contributed by atoms with Crippen LogP contribution in [0.15, 0.2) is 65.6 Å². The van der Waals surface area contributed by atoms with Crippen LogP contribution in [0.3, 0.4) is 0 Å². The first-order chi connectivity index (χ1) is 18.8. The maximum Gasteiger partial charge on any atom is 0.308 e. The van der Waals surface area contributed by atoms with Crippen LogP contribution in [0.25, 0.3) is 0 Å². The van der Waals surface area contributed by atoms with E-state index in [4.69, 9.17) is 9.16 Å². The quantitative estimate of drug-likeness (QED) is 0.0583. The fourth-order valence-electron chi connectivity index (χ4n) is 5.34. The van der Waals surface area contributed by atoms with Gasteiger partial charge in [0.05, 0.1) is 10.1 Å². The third-order valence-corrected chi connectivity index (χ3v) is 14.4. The number of benzene rings is 3. The SMILES string of the molecule is CC(=O)Oc1cccc(C(Sc2c(O)ccc(O)c2F)C(=O)c2ccc(O[Si](C(C)C)(C(C)C)C(C)C)cc2)c1. The Morgan fingerprint density at radius 2 is 1.40 bits per heavy atom. The molecule has 0 aliphatic heterocycles. The highest BCUT2D eigenvalue weighted by molar-refractivity contribution is 8.00. The second-order valence-electron chi connectivity index (χ2n) is 10.7. The summed E-state index contributed by atoms with van der Waals surface area (Å²) in [5.74, 6) is -2.05. The number of phenolic OH excluding ortho intramolecular Hbond substituents is 2. The van der Waals surface area contributed by atoms with Gasteiger partial charge in [0.15, 0.2) is 17.3 Å². The monoisotopic (exact) mass is 584 g/mol. The normalized spacial score (nSPS) is 12.6. The number of ketones is 1. The van der Waals surface area contributed by atoms with E-state index in [0.29, 0.717) is 33.5 Å². The summed E-state index contributed by atoms with van der Waals surface area (Å²) in [5.41, 5.74) is 1.92. The Kier molecular flexibility index (Phi) is 10.1. The van der Waals surface area contributed by atoms with Crippen LogP contribution in [-0.2, 0) is 4.79 Å². The number of phenols is 2. The van der Waals surface area contributed by atoms with Gasteiger partial charge in [-0.15, -0.1) is 11.8 Å². The van der Waals surface area contributed by atoms with Crippen molar-refractivity contribution in [2.24, 2.45) is 0 Å². The van der Waals surface area contributed by atoms with Crippen LogP contribution in [0.2, 0.25) is 16.6 Å². The van der Waals surface area contributed by atoms with Gasteiger partial charge in [0.25, 0.3) is 8.32 Å². The molecule has 0 aliphatic carbocycles. The van der Waals surface area contributed by atoms with Crippen molar-refractivity contribution in [3.63, 3.8) is 0 Å². The molecule has 214 valence electrons. The van der Waals surface area contributed by atoms with Crippen molar-refractivity contribution < 1.29 is 33.4 Å². The molecule has 0 radical (unpaired) electrons. The van der Waals surface area contributed by atoms with E-state index in [1.165, 1.54) is 13.0 Å². The Morgan fingerprint density at radius 3 is 1.95 bits per heavy atom. The van der Waals surface area contributed by atoms with E-state index < -0.39 is 36.9 Å². The molecular weight excluding hydrogens is 547 g/mol. The van der Waals surface area contributed by atoms with Crippen molar-refractivity contribution in [1.82, 2.24) is 0 Å². The van der Waals surface area contributed by atoms with E-state index in [1.807, 2.05) is 0 Å². The fraction of sp³-hybridized carbons (Fsp3) is 0.355. The summed E-state index contributed by atoms with van der Waals surface area (Å²) >= 11 is 0.766. The Bertz CT molecular complexity index is 1330. The second-order valence-corrected chi connectivity index (χ2v) is 17.2. The summed E-state index contributed by atoms with van der Waals surface area (Å²) in [6.45, 7) is 14.5. The van der Waals surface area contributed by atoms with Crippen LogP contribution >= 0.6 is 11.8 Å². The molecule has 0 spiro atoms. The first-order valence-electron chi connectivity index (χ1n) is 13.3. The molecule has 1 atom stereocenters. The lowest BCUT2D eigenvalue weighted by molar-refractivity contribution is -0.131. The third kappa shape index (κ3) is 6.70. The van der Waals surface area contributed by atoms with Gasteiger partial charge < -0.3 is 19.4 Å². The van der Waals surface area contributed by atoms with Gasteiger partial charge in [0.1, 0.15) is 17.2 Å². The minimum absolute atomic E-state index is 0.227. The molecule has 0 saturated carbocycles. The number of esters is 1. The van der Waals surface area contributed by atoms with Crippen LogP contribution in [0.4, 0.5) is 4.39 Å². The first-order valence-corrected chi connectivity index (χ1v) is 16.3. The molecule has 3 rings (SSSR count). The summed E-state index contributed by atoms with van der Waals surface area (Å²) in [7, 11) is -2.20. The number of Topliss-reactive ketones (excluding diaryl/α,β-unsaturated/α-hetero) is 1. The smallest absolute Gasteiger partial charge is 0.308 e. The van der Waals surface area contributed by atoms with E-state index in [0.717, 1.165) is 23.9 Å². The van der Waals surface area contributed by atoms with Crippen molar-refractivity contribution in [2.45, 2.75) is 75.2 Å². The predicted molar refractivity (Wildman–Crippen MR) is 159 cm³/mol. The van der Waals surface area contributed by atoms with Gasteiger partial charge in [0.2, 0.25) is 0 Å².